The molecule has 0 N–H and O–H groups in total. The monoisotopic (exact) mass is 588 g/mol. The minimum Gasteiger partial charge on any atom is -0.488 e. The van der Waals surface area contributed by atoms with Crippen LogP contribution in [0.5, 0.6) is 11.5 Å². The molecule has 1 heterocycles. The van der Waals surface area contributed by atoms with Crippen molar-refractivity contribution in [3.8, 4) is 11.5 Å². The minimum absolute atomic E-state index is 0.147. The van der Waals surface area contributed by atoms with Crippen LogP contribution < -0.4 is 14.4 Å². The molecule has 0 aliphatic carbocycles. The molecule has 0 unspecified atom stereocenters. The number of carbonyl (C=O) groups excluding carboxylic acids is 2. The fourth-order valence-corrected chi connectivity index (χ4v) is 4.93. The van der Waals surface area contributed by atoms with Gasteiger partial charge in [-0.05, 0) is 36.4 Å². The molecule has 40 heavy (non-hydrogen) atoms. The Balaban J connectivity index is 1.45. The number of amides is 2. The van der Waals surface area contributed by atoms with E-state index in [1.165, 1.54) is 17.5 Å². The Morgan fingerprint density at radius 1 is 0.675 bits per heavy atom. The standard InChI is InChI=1S/C31H22Cl2N2O4S/c32-25-13-5-1-9-21(25)19-38-27-15-7-3-11-23(27)29(36)35(31-34-17-18-40-31)30(37)24-12-4-8-16-28(24)39-20-22-10-2-6-14-26(22)33/h1-18H,19-20H2. The minimum atomic E-state index is -0.587. The van der Waals surface area contributed by atoms with Crippen molar-refractivity contribution in [2.24, 2.45) is 0 Å². The largest absolute Gasteiger partial charge is 0.488 e. The van der Waals surface area contributed by atoms with Crippen molar-refractivity contribution in [1.82, 2.24) is 4.98 Å². The zero-order valence-corrected chi connectivity index (χ0v) is 23.3. The molecule has 0 spiro atoms. The highest BCUT2D eigenvalue weighted by Gasteiger charge is 2.31. The van der Waals surface area contributed by atoms with Gasteiger partial charge in [-0.2, -0.15) is 0 Å². The number of imide groups is 1. The Kier molecular flexibility index (Phi) is 8.76. The molecule has 0 fully saturated rings. The average molecular weight is 590 g/mol. The molecule has 6 nitrogen and oxygen atoms in total. The van der Waals surface area contributed by atoms with E-state index in [2.05, 4.69) is 4.98 Å². The lowest BCUT2D eigenvalue weighted by atomic mass is 10.1. The van der Waals surface area contributed by atoms with Crippen LogP contribution in [0.15, 0.2) is 109 Å². The second kappa shape index (κ2) is 12.8. The number of carbonyl (C=O) groups is 2. The van der Waals surface area contributed by atoms with Crippen LogP contribution in [0.1, 0.15) is 31.8 Å². The molecule has 0 aliphatic heterocycles. The van der Waals surface area contributed by atoms with Crippen LogP contribution in [0.2, 0.25) is 10.0 Å². The van der Waals surface area contributed by atoms with Crippen molar-refractivity contribution in [2.75, 3.05) is 4.90 Å². The van der Waals surface area contributed by atoms with Gasteiger partial charge in [0.15, 0.2) is 5.13 Å². The molecule has 1 aromatic heterocycles. The summed E-state index contributed by atoms with van der Waals surface area (Å²) >= 11 is 13.7. The Hall–Kier alpha value is -4.17. The number of thiazole rings is 1. The normalized spacial score (nSPS) is 10.7. The van der Waals surface area contributed by atoms with E-state index in [1.807, 2.05) is 36.4 Å². The first-order chi connectivity index (χ1) is 19.5. The number of para-hydroxylation sites is 2. The predicted octanol–water partition coefficient (Wildman–Crippen LogP) is 8.10. The van der Waals surface area contributed by atoms with E-state index in [0.717, 1.165) is 16.0 Å². The van der Waals surface area contributed by atoms with E-state index >= 15 is 0 Å². The van der Waals surface area contributed by atoms with Crippen LogP contribution >= 0.6 is 34.5 Å². The topological polar surface area (TPSA) is 68.7 Å². The summed E-state index contributed by atoms with van der Waals surface area (Å²) in [6.07, 6.45) is 1.53. The summed E-state index contributed by atoms with van der Waals surface area (Å²) in [6.45, 7) is 0.293. The summed E-state index contributed by atoms with van der Waals surface area (Å²) in [5, 5.41) is 3.03. The molecular formula is C31H22Cl2N2O4S. The molecule has 0 aliphatic rings. The maximum Gasteiger partial charge on any atom is 0.270 e. The van der Waals surface area contributed by atoms with Crippen molar-refractivity contribution >= 4 is 51.5 Å². The van der Waals surface area contributed by atoms with E-state index in [0.29, 0.717) is 21.5 Å². The first-order valence-corrected chi connectivity index (χ1v) is 13.8. The van der Waals surface area contributed by atoms with E-state index in [1.54, 1.807) is 66.0 Å². The number of hydrogen-bond acceptors (Lipinski definition) is 6. The maximum atomic E-state index is 14.0. The first-order valence-electron chi connectivity index (χ1n) is 12.2. The molecule has 5 rings (SSSR count). The van der Waals surface area contributed by atoms with Crippen LogP contribution in [0.25, 0.3) is 0 Å². The zero-order valence-electron chi connectivity index (χ0n) is 21.0. The van der Waals surface area contributed by atoms with E-state index in [-0.39, 0.29) is 29.5 Å². The maximum absolute atomic E-state index is 14.0. The third-order valence-electron chi connectivity index (χ3n) is 5.93. The van der Waals surface area contributed by atoms with Crippen LogP contribution in [0.4, 0.5) is 5.13 Å². The van der Waals surface area contributed by atoms with Gasteiger partial charge in [-0.1, -0.05) is 83.9 Å². The molecule has 0 bridgehead atoms. The number of anilines is 1. The molecule has 0 saturated heterocycles. The van der Waals surface area contributed by atoms with E-state index < -0.39 is 11.8 Å². The lowest BCUT2D eigenvalue weighted by molar-refractivity contribution is 0.0893. The van der Waals surface area contributed by atoms with Crippen molar-refractivity contribution < 1.29 is 19.1 Å². The third-order valence-corrected chi connectivity index (χ3v) is 7.43. The molecular weight excluding hydrogens is 567 g/mol. The quantitative estimate of drug-likeness (QED) is 0.163. The fourth-order valence-electron chi connectivity index (χ4n) is 3.91. The molecule has 5 aromatic rings. The van der Waals surface area contributed by atoms with Gasteiger partial charge in [-0.3, -0.25) is 9.59 Å². The van der Waals surface area contributed by atoms with Gasteiger partial charge in [0, 0.05) is 32.7 Å². The first kappa shape index (κ1) is 27.4. The summed E-state index contributed by atoms with van der Waals surface area (Å²) in [7, 11) is 0. The Morgan fingerprint density at radius 2 is 1.12 bits per heavy atom. The van der Waals surface area contributed by atoms with E-state index in [9.17, 15) is 9.59 Å². The summed E-state index contributed by atoms with van der Waals surface area (Å²) in [5.41, 5.74) is 1.94. The Morgan fingerprint density at radius 3 is 1.57 bits per heavy atom. The van der Waals surface area contributed by atoms with Crippen molar-refractivity contribution in [1.29, 1.82) is 0 Å². The van der Waals surface area contributed by atoms with Gasteiger partial charge in [0.1, 0.15) is 24.7 Å². The SMILES string of the molecule is O=C(c1ccccc1OCc1ccccc1Cl)N(C(=O)c1ccccc1OCc1ccccc1Cl)c1nccs1. The molecule has 4 aromatic carbocycles. The van der Waals surface area contributed by atoms with Gasteiger partial charge in [0.05, 0.1) is 11.1 Å². The van der Waals surface area contributed by atoms with Gasteiger partial charge < -0.3 is 9.47 Å². The van der Waals surface area contributed by atoms with Crippen molar-refractivity contribution in [3.05, 3.63) is 141 Å². The summed E-state index contributed by atoms with van der Waals surface area (Å²) in [4.78, 5) is 33.3. The number of hydrogen-bond donors (Lipinski definition) is 0. The Bertz CT molecular complexity index is 1540. The highest BCUT2D eigenvalue weighted by atomic mass is 35.5. The van der Waals surface area contributed by atoms with Gasteiger partial charge in [0.25, 0.3) is 11.8 Å². The molecule has 0 atom stereocenters. The van der Waals surface area contributed by atoms with Crippen LogP contribution in [0.3, 0.4) is 0 Å². The lowest BCUT2D eigenvalue weighted by Gasteiger charge is -2.21. The van der Waals surface area contributed by atoms with Crippen molar-refractivity contribution in [2.45, 2.75) is 13.2 Å². The van der Waals surface area contributed by atoms with Crippen LogP contribution in [-0.2, 0) is 13.2 Å². The van der Waals surface area contributed by atoms with Gasteiger partial charge in [-0.25, -0.2) is 9.88 Å². The molecule has 0 radical (unpaired) electrons. The highest BCUT2D eigenvalue weighted by Crippen LogP contribution is 2.30. The number of ether oxygens (including phenoxy) is 2. The third kappa shape index (κ3) is 6.18. The van der Waals surface area contributed by atoms with Crippen molar-refractivity contribution in [3.63, 3.8) is 0 Å². The summed E-state index contributed by atoms with van der Waals surface area (Å²) in [6, 6.07) is 28.1. The number of rotatable bonds is 9. The number of halogens is 2. The smallest absolute Gasteiger partial charge is 0.270 e. The second-order valence-corrected chi connectivity index (χ2v) is 10.2. The number of benzene rings is 4. The molecule has 200 valence electrons. The van der Waals surface area contributed by atoms with Crippen LogP contribution in [0, 0.1) is 0 Å². The summed E-state index contributed by atoms with van der Waals surface area (Å²) < 4.78 is 12.0. The molecule has 9 heteroatoms. The fraction of sp³-hybridized carbons (Fsp3) is 0.0645. The second-order valence-electron chi connectivity index (χ2n) is 8.51. The van der Waals surface area contributed by atoms with Gasteiger partial charge >= 0.3 is 0 Å². The molecule has 0 saturated carbocycles. The highest BCUT2D eigenvalue weighted by molar-refractivity contribution is 7.14. The number of nitrogens with zero attached hydrogens (tertiary/aromatic N) is 2. The summed E-state index contributed by atoms with van der Waals surface area (Å²) in [5.74, 6) is -0.554. The zero-order chi connectivity index (χ0) is 27.9. The van der Waals surface area contributed by atoms with Gasteiger partial charge in [-0.15, -0.1) is 11.3 Å². The predicted molar refractivity (Wildman–Crippen MR) is 158 cm³/mol. The van der Waals surface area contributed by atoms with Gasteiger partial charge in [0.2, 0.25) is 0 Å². The molecule has 2 amide bonds. The number of aromatic nitrogens is 1. The van der Waals surface area contributed by atoms with Crippen LogP contribution in [-0.4, -0.2) is 16.8 Å². The Labute approximate surface area is 245 Å². The lowest BCUT2D eigenvalue weighted by Crippen LogP contribution is -2.37. The average Bonchev–Trinajstić information content (AvgIpc) is 3.51. The van der Waals surface area contributed by atoms with E-state index in [4.69, 9.17) is 32.7 Å².